The van der Waals surface area contributed by atoms with E-state index in [0.717, 1.165) is 16.6 Å². The van der Waals surface area contributed by atoms with Crippen molar-refractivity contribution in [2.75, 3.05) is 5.73 Å². The van der Waals surface area contributed by atoms with Crippen molar-refractivity contribution < 1.29 is 4.74 Å². The molecule has 2 aromatic heterocycles. The maximum atomic E-state index is 5.71. The number of nitrogens with two attached hydrogens (primary N) is 1. The molecule has 18 heavy (non-hydrogen) atoms. The first-order chi connectivity index (χ1) is 8.72. The Balaban J connectivity index is 2.06. The summed E-state index contributed by atoms with van der Waals surface area (Å²) in [6, 6.07) is 7.19. The summed E-state index contributed by atoms with van der Waals surface area (Å²) in [6.07, 6.45) is 1.44. The van der Waals surface area contributed by atoms with Crippen LogP contribution < -0.4 is 10.5 Å². The molecule has 0 amide bonds. The zero-order valence-corrected chi connectivity index (χ0v) is 9.71. The summed E-state index contributed by atoms with van der Waals surface area (Å²) in [5.74, 6) is 0.941. The van der Waals surface area contributed by atoms with E-state index in [1.165, 1.54) is 6.33 Å². The lowest BCUT2D eigenvalue weighted by Gasteiger charge is -2.04. The maximum absolute atomic E-state index is 5.71. The molecule has 3 rings (SSSR count). The fraction of sp³-hybridized carbons (Fsp3) is 0.0833. The zero-order valence-electron chi connectivity index (χ0n) is 9.71. The number of fused-ring (bicyclic) bond motifs is 1. The van der Waals surface area contributed by atoms with Crippen molar-refractivity contribution in [1.82, 2.24) is 20.2 Å². The van der Waals surface area contributed by atoms with E-state index in [0.29, 0.717) is 17.4 Å². The summed E-state index contributed by atoms with van der Waals surface area (Å²) in [6.45, 7) is 1.90. The molecule has 0 aliphatic heterocycles. The molecule has 6 nitrogen and oxygen atoms in total. The number of ether oxygens (including phenoxy) is 1. The third kappa shape index (κ3) is 1.84. The Morgan fingerprint density at radius 1 is 1.22 bits per heavy atom. The average Bonchev–Trinajstić information content (AvgIpc) is 2.75. The first kappa shape index (κ1) is 10.5. The van der Waals surface area contributed by atoms with Gasteiger partial charge < -0.3 is 10.5 Å². The maximum Gasteiger partial charge on any atom is 0.240 e. The normalized spacial score (nSPS) is 10.7. The van der Waals surface area contributed by atoms with Crippen LogP contribution in [0.15, 0.2) is 30.6 Å². The van der Waals surface area contributed by atoms with Crippen molar-refractivity contribution in [3.8, 4) is 11.8 Å². The van der Waals surface area contributed by atoms with Gasteiger partial charge in [0.2, 0.25) is 11.8 Å². The molecule has 0 unspecified atom stereocenters. The zero-order chi connectivity index (χ0) is 12.5. The number of hydrogen-bond donors (Lipinski definition) is 2. The minimum absolute atomic E-state index is 0.464. The lowest BCUT2D eigenvalue weighted by molar-refractivity contribution is 0.448. The van der Waals surface area contributed by atoms with E-state index >= 15 is 0 Å². The monoisotopic (exact) mass is 241 g/mol. The number of rotatable bonds is 2. The molecular formula is C12H11N5O. The number of hydrogen-bond acceptors (Lipinski definition) is 5. The Morgan fingerprint density at radius 2 is 2.11 bits per heavy atom. The highest BCUT2D eigenvalue weighted by atomic mass is 16.5. The predicted molar refractivity (Wildman–Crippen MR) is 67.3 cm³/mol. The van der Waals surface area contributed by atoms with E-state index in [9.17, 15) is 0 Å². The number of nitrogens with zero attached hydrogens (tertiary/aromatic N) is 3. The van der Waals surface area contributed by atoms with Gasteiger partial charge in [-0.1, -0.05) is 0 Å². The number of aromatic amines is 1. The average molecular weight is 241 g/mol. The Bertz CT molecular complexity index is 707. The van der Waals surface area contributed by atoms with Gasteiger partial charge in [0.05, 0.1) is 10.9 Å². The third-order valence-electron chi connectivity index (χ3n) is 2.51. The second-order valence-electron chi connectivity index (χ2n) is 3.95. The van der Waals surface area contributed by atoms with E-state index in [4.69, 9.17) is 10.5 Å². The van der Waals surface area contributed by atoms with Crippen molar-refractivity contribution in [2.45, 2.75) is 6.92 Å². The molecule has 1 aromatic carbocycles. The molecular weight excluding hydrogens is 230 g/mol. The van der Waals surface area contributed by atoms with Crippen LogP contribution >= 0.6 is 0 Å². The smallest absolute Gasteiger partial charge is 0.240 e. The largest absolute Gasteiger partial charge is 0.418 e. The fourth-order valence-electron chi connectivity index (χ4n) is 1.68. The number of anilines is 1. The predicted octanol–water partition coefficient (Wildman–Crippen LogP) is 2.04. The van der Waals surface area contributed by atoms with Crippen LogP contribution in [-0.2, 0) is 0 Å². The van der Waals surface area contributed by atoms with Gasteiger partial charge in [0, 0.05) is 17.4 Å². The summed E-state index contributed by atoms with van der Waals surface area (Å²) in [5, 5.41) is 7.61. The molecule has 6 heteroatoms. The molecule has 0 bridgehead atoms. The first-order valence-corrected chi connectivity index (χ1v) is 5.42. The molecule has 0 aliphatic rings. The van der Waals surface area contributed by atoms with Crippen molar-refractivity contribution in [3.05, 3.63) is 36.3 Å². The number of benzene rings is 1. The molecule has 3 aromatic rings. The number of aromatic nitrogens is 4. The van der Waals surface area contributed by atoms with Crippen LogP contribution in [0.1, 0.15) is 5.69 Å². The third-order valence-corrected chi connectivity index (χ3v) is 2.51. The van der Waals surface area contributed by atoms with Crippen LogP contribution in [0.3, 0.4) is 0 Å². The van der Waals surface area contributed by atoms with Crippen molar-refractivity contribution in [2.24, 2.45) is 0 Å². The van der Waals surface area contributed by atoms with Gasteiger partial charge in [0.25, 0.3) is 0 Å². The van der Waals surface area contributed by atoms with E-state index in [-0.39, 0.29) is 0 Å². The van der Waals surface area contributed by atoms with Crippen molar-refractivity contribution in [1.29, 1.82) is 0 Å². The van der Waals surface area contributed by atoms with E-state index in [2.05, 4.69) is 20.2 Å². The van der Waals surface area contributed by atoms with Gasteiger partial charge in [-0.3, -0.25) is 5.10 Å². The standard InChI is InChI=1S/C12H11N5O/c1-7-4-11(17-16-7)18-12-9-3-2-8(13)5-10(9)14-6-15-12/h2-6H,13H2,1H3,(H,16,17). The molecule has 0 aliphatic carbocycles. The quantitative estimate of drug-likeness (QED) is 0.670. The fourth-order valence-corrected chi connectivity index (χ4v) is 1.68. The second-order valence-corrected chi connectivity index (χ2v) is 3.95. The Labute approximate surface area is 103 Å². The summed E-state index contributed by atoms with van der Waals surface area (Å²) in [4.78, 5) is 8.26. The SMILES string of the molecule is Cc1cc(Oc2ncnc3cc(N)ccc23)n[nH]1. The molecule has 90 valence electrons. The number of nitrogens with one attached hydrogen (secondary N) is 1. The van der Waals surface area contributed by atoms with Gasteiger partial charge in [-0.25, -0.2) is 9.97 Å². The Kier molecular flexibility index (Phi) is 2.33. The van der Waals surface area contributed by atoms with E-state index < -0.39 is 0 Å². The highest BCUT2D eigenvalue weighted by Gasteiger charge is 2.08. The van der Waals surface area contributed by atoms with Crippen molar-refractivity contribution in [3.63, 3.8) is 0 Å². The summed E-state index contributed by atoms with van der Waals surface area (Å²) in [5.41, 5.74) is 8.03. The lowest BCUT2D eigenvalue weighted by Crippen LogP contribution is -1.93. The van der Waals surface area contributed by atoms with Crippen LogP contribution in [0.5, 0.6) is 11.8 Å². The topological polar surface area (TPSA) is 89.7 Å². The minimum Gasteiger partial charge on any atom is -0.418 e. The first-order valence-electron chi connectivity index (χ1n) is 5.42. The molecule has 0 fully saturated rings. The molecule has 2 heterocycles. The summed E-state index contributed by atoms with van der Waals surface area (Å²) in [7, 11) is 0. The van der Waals surface area contributed by atoms with Crippen LogP contribution in [0.2, 0.25) is 0 Å². The second kappa shape index (κ2) is 3.99. The molecule has 0 saturated heterocycles. The van der Waals surface area contributed by atoms with Gasteiger partial charge in [-0.2, -0.15) is 0 Å². The van der Waals surface area contributed by atoms with Gasteiger partial charge in [-0.15, -0.1) is 5.10 Å². The highest BCUT2D eigenvalue weighted by Crippen LogP contribution is 2.26. The van der Waals surface area contributed by atoms with Gasteiger partial charge >= 0.3 is 0 Å². The van der Waals surface area contributed by atoms with Crippen LogP contribution in [0.25, 0.3) is 10.9 Å². The lowest BCUT2D eigenvalue weighted by atomic mass is 10.2. The van der Waals surface area contributed by atoms with Gasteiger partial charge in [0.1, 0.15) is 6.33 Å². The molecule has 0 atom stereocenters. The van der Waals surface area contributed by atoms with Crippen molar-refractivity contribution >= 4 is 16.6 Å². The summed E-state index contributed by atoms with van der Waals surface area (Å²) < 4.78 is 5.62. The number of nitrogen functional groups attached to an aromatic ring is 1. The minimum atomic E-state index is 0.464. The van der Waals surface area contributed by atoms with E-state index in [1.807, 2.05) is 13.0 Å². The van der Waals surface area contributed by atoms with Crippen LogP contribution in [-0.4, -0.2) is 20.2 Å². The Morgan fingerprint density at radius 3 is 2.89 bits per heavy atom. The highest BCUT2D eigenvalue weighted by molar-refractivity contribution is 5.85. The van der Waals surface area contributed by atoms with E-state index in [1.54, 1.807) is 18.2 Å². The molecule has 0 spiro atoms. The number of H-pyrrole nitrogens is 1. The molecule has 0 radical (unpaired) electrons. The summed E-state index contributed by atoms with van der Waals surface area (Å²) >= 11 is 0. The van der Waals surface area contributed by atoms with Gasteiger partial charge in [0.15, 0.2) is 0 Å². The molecule has 0 saturated carbocycles. The Hall–Kier alpha value is -2.63. The van der Waals surface area contributed by atoms with Crippen LogP contribution in [0.4, 0.5) is 5.69 Å². The molecule has 3 N–H and O–H groups in total. The number of aryl methyl sites for hydroxylation is 1. The van der Waals surface area contributed by atoms with Gasteiger partial charge in [-0.05, 0) is 25.1 Å². The van der Waals surface area contributed by atoms with Crippen LogP contribution in [0, 0.1) is 6.92 Å².